The molecule has 0 aromatic heterocycles. The van der Waals surface area contributed by atoms with Gasteiger partial charge in [-0.3, -0.25) is 4.79 Å². The lowest BCUT2D eigenvalue weighted by Gasteiger charge is -1.93. The monoisotopic (exact) mass is 264 g/mol. The van der Waals surface area contributed by atoms with Gasteiger partial charge in [0.05, 0.1) is 0 Å². The summed E-state index contributed by atoms with van der Waals surface area (Å²) in [5.74, 6) is 8.90. The van der Waals surface area contributed by atoms with Crippen LogP contribution in [0, 0.1) is 24.2 Å². The highest BCUT2D eigenvalue weighted by Crippen LogP contribution is 2.02. The smallest absolute Gasteiger partial charge is 0.185 e. The third-order valence-corrected chi connectivity index (χ3v) is 2.75. The average molecular weight is 264 g/mol. The summed E-state index contributed by atoms with van der Waals surface area (Å²) in [6, 6.07) is 9.30. The van der Waals surface area contributed by atoms with Gasteiger partial charge in [-0.15, -0.1) is 24.2 Å². The zero-order valence-electron chi connectivity index (χ0n) is 11.8. The summed E-state index contributed by atoms with van der Waals surface area (Å²) in [5, 5.41) is 0. The molecule has 102 valence electrons. The van der Waals surface area contributed by atoms with Gasteiger partial charge in [0.25, 0.3) is 0 Å². The van der Waals surface area contributed by atoms with Crippen LogP contribution in [0.25, 0.3) is 0 Å². The van der Waals surface area contributed by atoms with Crippen molar-refractivity contribution in [1.82, 2.24) is 0 Å². The van der Waals surface area contributed by atoms with E-state index in [1.54, 1.807) is 6.08 Å². The third kappa shape index (κ3) is 7.24. The number of unbranched alkanes of at least 4 members (excludes halogenated alkanes) is 4. The lowest BCUT2D eigenvalue weighted by molar-refractivity contribution is 0.104. The van der Waals surface area contributed by atoms with E-state index in [1.165, 1.54) is 0 Å². The number of carbonyl (C=O) groups excluding carboxylic acids is 1. The largest absolute Gasteiger partial charge is 0.289 e. The van der Waals surface area contributed by atoms with Crippen LogP contribution in [0.15, 0.2) is 42.5 Å². The molecule has 0 atom stereocenters. The quantitative estimate of drug-likeness (QED) is 0.309. The van der Waals surface area contributed by atoms with E-state index in [9.17, 15) is 4.79 Å². The first-order chi connectivity index (χ1) is 9.84. The van der Waals surface area contributed by atoms with Crippen LogP contribution >= 0.6 is 0 Å². The Labute approximate surface area is 122 Å². The zero-order chi connectivity index (χ0) is 14.5. The molecule has 0 aliphatic heterocycles. The van der Waals surface area contributed by atoms with Gasteiger partial charge in [0.1, 0.15) is 0 Å². The maximum absolute atomic E-state index is 11.7. The predicted octanol–water partition coefficient (Wildman–Crippen LogP) is 4.40. The molecule has 0 aliphatic carbocycles. The Bertz CT molecular complexity index is 520. The summed E-state index contributed by atoms with van der Waals surface area (Å²) in [6.07, 6.45) is 14.1. The van der Waals surface area contributed by atoms with E-state index < -0.39 is 0 Å². The molecule has 1 rings (SSSR count). The molecule has 0 saturated heterocycles. The summed E-state index contributed by atoms with van der Waals surface area (Å²) in [6.45, 7) is 0. The Morgan fingerprint density at radius 3 is 2.45 bits per heavy atom. The minimum absolute atomic E-state index is 0.0611. The molecule has 0 bridgehead atoms. The van der Waals surface area contributed by atoms with Crippen molar-refractivity contribution in [2.45, 2.75) is 38.5 Å². The molecule has 0 heterocycles. The van der Waals surface area contributed by atoms with Gasteiger partial charge in [-0.05, 0) is 25.3 Å². The SMILES string of the molecule is C#CCCCC#CCCC/C=C/C(=O)c1ccccc1. The lowest BCUT2D eigenvalue weighted by Crippen LogP contribution is -1.92. The van der Waals surface area contributed by atoms with Gasteiger partial charge in [-0.2, -0.15) is 0 Å². The number of carbonyl (C=O) groups is 1. The highest BCUT2D eigenvalue weighted by atomic mass is 16.1. The molecule has 0 N–H and O–H groups in total. The summed E-state index contributed by atoms with van der Waals surface area (Å²) in [4.78, 5) is 11.7. The molecule has 0 saturated carbocycles. The minimum atomic E-state index is 0.0611. The molecule has 0 amide bonds. The van der Waals surface area contributed by atoms with E-state index in [0.29, 0.717) is 0 Å². The normalized spacial score (nSPS) is 9.75. The Morgan fingerprint density at radius 1 is 1.05 bits per heavy atom. The second-order valence-electron chi connectivity index (χ2n) is 4.44. The standard InChI is InChI=1S/C19H20O/c1-2-3-4-5-6-7-8-9-10-14-17-19(20)18-15-12-11-13-16-18/h1,11-17H,3-5,8-10H2/b17-14+. The second-order valence-corrected chi connectivity index (χ2v) is 4.44. The molecule has 0 fully saturated rings. The van der Waals surface area contributed by atoms with Gasteiger partial charge in [0, 0.05) is 24.8 Å². The lowest BCUT2D eigenvalue weighted by atomic mass is 10.1. The number of hydrogen-bond donors (Lipinski definition) is 0. The van der Waals surface area contributed by atoms with Gasteiger partial charge in [0.2, 0.25) is 0 Å². The van der Waals surface area contributed by atoms with Gasteiger partial charge >= 0.3 is 0 Å². The highest BCUT2D eigenvalue weighted by molar-refractivity contribution is 6.04. The van der Waals surface area contributed by atoms with Crippen molar-refractivity contribution in [1.29, 1.82) is 0 Å². The Hall–Kier alpha value is -2.25. The fraction of sp³-hybridized carbons (Fsp3) is 0.316. The van der Waals surface area contributed by atoms with Crippen molar-refractivity contribution in [3.8, 4) is 24.2 Å². The maximum Gasteiger partial charge on any atom is 0.185 e. The molecule has 20 heavy (non-hydrogen) atoms. The first-order valence-electron chi connectivity index (χ1n) is 6.99. The Kier molecular flexibility index (Phi) is 8.42. The van der Waals surface area contributed by atoms with E-state index >= 15 is 0 Å². The van der Waals surface area contributed by atoms with Gasteiger partial charge < -0.3 is 0 Å². The van der Waals surface area contributed by atoms with E-state index in [2.05, 4.69) is 17.8 Å². The number of allylic oxidation sites excluding steroid dienone is 2. The van der Waals surface area contributed by atoms with Gasteiger partial charge in [-0.25, -0.2) is 0 Å². The molecular formula is C19H20O. The summed E-state index contributed by atoms with van der Waals surface area (Å²) in [5.41, 5.74) is 0.733. The Morgan fingerprint density at radius 2 is 1.75 bits per heavy atom. The molecule has 0 spiro atoms. The van der Waals surface area contributed by atoms with Crippen LogP contribution in [0.1, 0.15) is 48.9 Å². The van der Waals surface area contributed by atoms with E-state index in [1.807, 2.05) is 36.4 Å². The van der Waals surface area contributed by atoms with Crippen LogP contribution in [0.3, 0.4) is 0 Å². The number of rotatable bonds is 7. The number of terminal acetylenes is 1. The fourth-order valence-electron chi connectivity index (χ4n) is 1.65. The van der Waals surface area contributed by atoms with Crippen LogP contribution in [0.2, 0.25) is 0 Å². The number of benzene rings is 1. The van der Waals surface area contributed by atoms with Crippen LogP contribution < -0.4 is 0 Å². The summed E-state index contributed by atoms with van der Waals surface area (Å²) < 4.78 is 0. The van der Waals surface area contributed by atoms with E-state index in [4.69, 9.17) is 6.42 Å². The molecule has 0 unspecified atom stereocenters. The second kappa shape index (κ2) is 10.7. The van der Waals surface area contributed by atoms with Crippen LogP contribution in [-0.4, -0.2) is 5.78 Å². The molecule has 1 aromatic rings. The van der Waals surface area contributed by atoms with Gasteiger partial charge in [-0.1, -0.05) is 36.4 Å². The summed E-state index contributed by atoms with van der Waals surface area (Å²) in [7, 11) is 0. The van der Waals surface area contributed by atoms with Crippen molar-refractivity contribution in [3.05, 3.63) is 48.0 Å². The van der Waals surface area contributed by atoms with Crippen molar-refractivity contribution >= 4 is 5.78 Å². The molecule has 1 heteroatoms. The molecule has 0 aliphatic rings. The van der Waals surface area contributed by atoms with Crippen LogP contribution in [0.5, 0.6) is 0 Å². The van der Waals surface area contributed by atoms with Crippen LogP contribution in [-0.2, 0) is 0 Å². The third-order valence-electron chi connectivity index (χ3n) is 2.75. The molecule has 1 aromatic carbocycles. The zero-order valence-corrected chi connectivity index (χ0v) is 11.8. The van der Waals surface area contributed by atoms with E-state index in [-0.39, 0.29) is 5.78 Å². The average Bonchev–Trinajstić information content (AvgIpc) is 2.50. The number of hydrogen-bond acceptors (Lipinski definition) is 1. The van der Waals surface area contributed by atoms with Crippen molar-refractivity contribution in [2.75, 3.05) is 0 Å². The minimum Gasteiger partial charge on any atom is -0.289 e. The topological polar surface area (TPSA) is 17.1 Å². The molecular weight excluding hydrogens is 244 g/mol. The van der Waals surface area contributed by atoms with Gasteiger partial charge in [0.15, 0.2) is 5.78 Å². The van der Waals surface area contributed by atoms with Crippen LogP contribution in [0.4, 0.5) is 0 Å². The summed E-state index contributed by atoms with van der Waals surface area (Å²) >= 11 is 0. The number of ketones is 1. The predicted molar refractivity (Wildman–Crippen MR) is 84.2 cm³/mol. The molecule has 0 radical (unpaired) electrons. The Balaban J connectivity index is 2.14. The van der Waals surface area contributed by atoms with E-state index in [0.717, 1.165) is 44.1 Å². The molecule has 1 nitrogen and oxygen atoms in total. The van der Waals surface area contributed by atoms with Crippen molar-refractivity contribution < 1.29 is 4.79 Å². The van der Waals surface area contributed by atoms with Crippen molar-refractivity contribution in [3.63, 3.8) is 0 Å². The first-order valence-corrected chi connectivity index (χ1v) is 6.99. The first kappa shape index (κ1) is 15.8. The van der Waals surface area contributed by atoms with Crippen molar-refractivity contribution in [2.24, 2.45) is 0 Å². The highest BCUT2D eigenvalue weighted by Gasteiger charge is 1.98. The maximum atomic E-state index is 11.7. The fourth-order valence-corrected chi connectivity index (χ4v) is 1.65.